The van der Waals surface area contributed by atoms with Gasteiger partial charge in [-0.2, -0.15) is 13.2 Å². The number of benzene rings is 3. The number of hydrogen-bond acceptors (Lipinski definition) is 3. The number of rotatable bonds is 5. The highest BCUT2D eigenvalue weighted by molar-refractivity contribution is 5.95. The molecule has 0 unspecified atom stereocenters. The number of likely N-dealkylation sites (tertiary alicyclic amines) is 1. The van der Waals surface area contributed by atoms with Gasteiger partial charge in [0.05, 0.1) is 11.3 Å². The summed E-state index contributed by atoms with van der Waals surface area (Å²) in [7, 11) is 0. The van der Waals surface area contributed by atoms with Crippen LogP contribution in [-0.4, -0.2) is 40.1 Å². The average molecular weight is 532 g/mol. The van der Waals surface area contributed by atoms with Gasteiger partial charge in [-0.1, -0.05) is 78.9 Å². The van der Waals surface area contributed by atoms with E-state index >= 15 is 0 Å². The highest BCUT2D eigenvalue weighted by Gasteiger charge is 2.53. The number of hydrogen-bond donors (Lipinski definition) is 2. The Morgan fingerprint density at radius 3 is 1.90 bits per heavy atom. The van der Waals surface area contributed by atoms with Crippen LogP contribution < -0.4 is 5.32 Å². The lowest BCUT2D eigenvalue weighted by atomic mass is 9.67. The lowest BCUT2D eigenvalue weighted by molar-refractivity contribution is -0.141. The summed E-state index contributed by atoms with van der Waals surface area (Å²) in [5.74, 6) is -1.06. The molecule has 2 amide bonds. The molecule has 9 heteroatoms. The molecule has 1 atom stereocenters. The number of halogens is 3. The minimum atomic E-state index is -4.52. The Bertz CT molecular complexity index is 1420. The van der Waals surface area contributed by atoms with Crippen LogP contribution in [0, 0.1) is 5.92 Å². The van der Waals surface area contributed by atoms with E-state index in [0.717, 1.165) is 23.4 Å². The van der Waals surface area contributed by atoms with Crippen molar-refractivity contribution in [1.82, 2.24) is 9.88 Å². The Kier molecular flexibility index (Phi) is 6.82. The van der Waals surface area contributed by atoms with Crippen molar-refractivity contribution in [3.8, 4) is 11.1 Å². The van der Waals surface area contributed by atoms with Crippen molar-refractivity contribution >= 4 is 17.7 Å². The van der Waals surface area contributed by atoms with Crippen molar-refractivity contribution in [2.75, 3.05) is 18.4 Å². The van der Waals surface area contributed by atoms with E-state index in [9.17, 15) is 27.9 Å². The molecule has 3 aromatic carbocycles. The summed E-state index contributed by atoms with van der Waals surface area (Å²) in [4.78, 5) is 30.6. The molecule has 1 fully saturated rings. The van der Waals surface area contributed by atoms with Crippen molar-refractivity contribution < 1.29 is 27.9 Å². The normalized spacial score (nSPS) is 16.6. The first-order valence-corrected chi connectivity index (χ1v) is 12.2. The molecule has 2 heterocycles. The largest absolute Gasteiger partial charge is 0.465 e. The van der Waals surface area contributed by atoms with Crippen molar-refractivity contribution in [2.24, 2.45) is 5.92 Å². The fourth-order valence-corrected chi connectivity index (χ4v) is 5.23. The summed E-state index contributed by atoms with van der Waals surface area (Å²) in [6.07, 6.45) is -4.46. The number of amides is 2. The van der Waals surface area contributed by atoms with Gasteiger partial charge in [-0.15, -0.1) is 0 Å². The third kappa shape index (κ3) is 5.07. The molecule has 2 N–H and O–H groups in total. The molecule has 4 aromatic rings. The van der Waals surface area contributed by atoms with Crippen LogP contribution in [0.1, 0.15) is 16.8 Å². The standard InChI is InChI=1S/C30H24F3N3O3/c31-30(32,33)26-16-13-21(17-34-26)20-11-14-24(15-12-20)35-27(37)25-18-36(28(38)39)19-29(25,22-7-3-1-4-8-22)23-9-5-2-6-10-23/h1-17,25H,18-19H2,(H,35,37)(H,38,39)/t25-/m0/s1. The monoisotopic (exact) mass is 531 g/mol. The lowest BCUT2D eigenvalue weighted by Crippen LogP contribution is -2.42. The van der Waals surface area contributed by atoms with E-state index in [1.54, 1.807) is 24.3 Å². The van der Waals surface area contributed by atoms with Crippen molar-refractivity contribution in [1.29, 1.82) is 0 Å². The van der Waals surface area contributed by atoms with E-state index in [-0.39, 0.29) is 19.0 Å². The van der Waals surface area contributed by atoms with Crippen LogP contribution in [0.3, 0.4) is 0 Å². The Morgan fingerprint density at radius 1 is 0.846 bits per heavy atom. The molecule has 5 rings (SSSR count). The quantitative estimate of drug-likeness (QED) is 0.317. The number of anilines is 1. The fraction of sp³-hybridized carbons (Fsp3) is 0.167. The van der Waals surface area contributed by atoms with E-state index in [1.807, 2.05) is 60.7 Å². The molecule has 0 spiro atoms. The first-order valence-electron chi connectivity index (χ1n) is 12.2. The van der Waals surface area contributed by atoms with Gasteiger partial charge in [0, 0.05) is 30.5 Å². The molecule has 1 saturated heterocycles. The van der Waals surface area contributed by atoms with Gasteiger partial charge in [0.1, 0.15) is 5.69 Å². The Balaban J connectivity index is 1.44. The lowest BCUT2D eigenvalue weighted by Gasteiger charge is -2.35. The van der Waals surface area contributed by atoms with E-state index < -0.39 is 29.3 Å². The molecule has 0 radical (unpaired) electrons. The molecule has 198 valence electrons. The molecule has 0 bridgehead atoms. The molecule has 1 aliphatic rings. The number of nitrogens with one attached hydrogen (secondary N) is 1. The number of aromatic nitrogens is 1. The summed E-state index contributed by atoms with van der Waals surface area (Å²) in [5.41, 5.74) is 1.41. The maximum absolute atomic E-state index is 13.8. The van der Waals surface area contributed by atoms with Crippen molar-refractivity contribution in [2.45, 2.75) is 11.6 Å². The average Bonchev–Trinajstić information content (AvgIpc) is 3.37. The first-order chi connectivity index (χ1) is 18.7. The van der Waals surface area contributed by atoms with Gasteiger partial charge in [0.15, 0.2) is 0 Å². The number of carboxylic acid groups (broad SMARTS) is 1. The van der Waals surface area contributed by atoms with Crippen LogP contribution in [0.4, 0.5) is 23.7 Å². The summed E-state index contributed by atoms with van der Waals surface area (Å²) in [5, 5.41) is 12.8. The zero-order valence-corrected chi connectivity index (χ0v) is 20.6. The second kappa shape index (κ2) is 10.2. The fourth-order valence-electron chi connectivity index (χ4n) is 5.23. The zero-order chi connectivity index (χ0) is 27.6. The molecule has 1 aliphatic heterocycles. The number of carbonyl (C=O) groups excluding carboxylic acids is 1. The van der Waals surface area contributed by atoms with Gasteiger partial charge in [-0.3, -0.25) is 9.78 Å². The van der Waals surface area contributed by atoms with Gasteiger partial charge in [-0.25, -0.2) is 4.79 Å². The SMILES string of the molecule is O=C(Nc1ccc(-c2ccc(C(F)(F)F)nc2)cc1)[C@@H]1CN(C(=O)O)CC1(c1ccccc1)c1ccccc1. The maximum Gasteiger partial charge on any atom is 0.433 e. The molecule has 0 saturated carbocycles. The Morgan fingerprint density at radius 2 is 1.41 bits per heavy atom. The highest BCUT2D eigenvalue weighted by atomic mass is 19.4. The number of pyridine rings is 1. The summed E-state index contributed by atoms with van der Waals surface area (Å²) in [6, 6.07) is 27.8. The van der Waals surface area contributed by atoms with E-state index in [4.69, 9.17) is 0 Å². The molecular formula is C30H24F3N3O3. The third-order valence-corrected chi connectivity index (χ3v) is 7.14. The molecular weight excluding hydrogens is 507 g/mol. The summed E-state index contributed by atoms with van der Waals surface area (Å²) < 4.78 is 38.5. The van der Waals surface area contributed by atoms with Crippen LogP contribution in [0.2, 0.25) is 0 Å². The predicted octanol–water partition coefficient (Wildman–Crippen LogP) is 6.30. The topological polar surface area (TPSA) is 82.5 Å². The van der Waals surface area contributed by atoms with Crippen LogP contribution in [0.15, 0.2) is 103 Å². The third-order valence-electron chi connectivity index (χ3n) is 7.14. The second-order valence-corrected chi connectivity index (χ2v) is 9.42. The predicted molar refractivity (Wildman–Crippen MR) is 140 cm³/mol. The minimum Gasteiger partial charge on any atom is -0.465 e. The molecule has 39 heavy (non-hydrogen) atoms. The van der Waals surface area contributed by atoms with E-state index in [2.05, 4.69) is 10.3 Å². The second-order valence-electron chi connectivity index (χ2n) is 9.42. The van der Waals surface area contributed by atoms with Crippen LogP contribution in [0.25, 0.3) is 11.1 Å². The van der Waals surface area contributed by atoms with Gasteiger partial charge in [0.2, 0.25) is 5.91 Å². The Hall–Kier alpha value is -4.66. The van der Waals surface area contributed by atoms with E-state index in [1.165, 1.54) is 11.0 Å². The smallest absolute Gasteiger partial charge is 0.433 e. The summed E-state index contributed by atoms with van der Waals surface area (Å²) in [6.45, 7) is 0.133. The van der Waals surface area contributed by atoms with Crippen LogP contribution in [0.5, 0.6) is 0 Å². The van der Waals surface area contributed by atoms with Gasteiger partial charge >= 0.3 is 12.3 Å². The summed E-state index contributed by atoms with van der Waals surface area (Å²) >= 11 is 0. The molecule has 0 aliphatic carbocycles. The van der Waals surface area contributed by atoms with Gasteiger partial charge in [0.25, 0.3) is 0 Å². The van der Waals surface area contributed by atoms with Crippen molar-refractivity contribution in [3.05, 3.63) is 120 Å². The first kappa shape index (κ1) is 26.0. The molecule has 1 aromatic heterocycles. The van der Waals surface area contributed by atoms with Gasteiger partial charge < -0.3 is 15.3 Å². The number of carbonyl (C=O) groups is 2. The van der Waals surface area contributed by atoms with Crippen LogP contribution in [-0.2, 0) is 16.4 Å². The number of nitrogens with zero attached hydrogens (tertiary/aromatic N) is 2. The van der Waals surface area contributed by atoms with Gasteiger partial charge in [-0.05, 0) is 34.9 Å². The molecule has 6 nitrogen and oxygen atoms in total. The van der Waals surface area contributed by atoms with E-state index in [0.29, 0.717) is 16.8 Å². The van der Waals surface area contributed by atoms with Crippen LogP contribution >= 0.6 is 0 Å². The maximum atomic E-state index is 13.8. The van der Waals surface area contributed by atoms with Crippen molar-refractivity contribution in [3.63, 3.8) is 0 Å². The highest BCUT2D eigenvalue weighted by Crippen LogP contribution is 2.45. The zero-order valence-electron chi connectivity index (χ0n) is 20.6. The Labute approximate surface area is 222 Å². The minimum absolute atomic E-state index is 0.0141. The number of alkyl halides is 3.